The average molecular weight is 425 g/mol. The first kappa shape index (κ1) is 23.9. The number of pyridine rings is 1. The Hall–Kier alpha value is -2.15. The summed E-state index contributed by atoms with van der Waals surface area (Å²) in [5, 5.41) is 8.93. The highest BCUT2D eigenvalue weighted by molar-refractivity contribution is 6.03. The number of nitrogens with zero attached hydrogens (tertiary/aromatic N) is 1. The van der Waals surface area contributed by atoms with Gasteiger partial charge in [0.25, 0.3) is 5.91 Å². The smallest absolute Gasteiger partial charge is 0.256 e. The molecule has 0 radical (unpaired) electrons. The lowest BCUT2D eigenvalue weighted by molar-refractivity contribution is -0.116. The van der Waals surface area contributed by atoms with Crippen LogP contribution in [-0.4, -0.2) is 29.9 Å². The number of benzene rings is 1. The van der Waals surface area contributed by atoms with Crippen molar-refractivity contribution in [2.24, 2.45) is 5.92 Å². The minimum atomic E-state index is -0.211. The Morgan fingerprint density at radius 3 is 2.36 bits per heavy atom. The molecule has 3 rings (SSSR count). The molecule has 152 valence electrons. The highest BCUT2D eigenvalue weighted by atomic mass is 35.5. The number of hydrogen-bond acceptors (Lipinski definition) is 4. The second-order valence-corrected chi connectivity index (χ2v) is 6.53. The van der Waals surface area contributed by atoms with Crippen LogP contribution in [0, 0.1) is 5.92 Å². The molecule has 1 aromatic heterocycles. The summed E-state index contributed by atoms with van der Waals surface area (Å²) in [4.78, 5) is 28.4. The highest BCUT2D eigenvalue weighted by Gasteiger charge is 2.14. The Kier molecular flexibility index (Phi) is 10.5. The summed E-state index contributed by atoms with van der Waals surface area (Å²) in [7, 11) is 0. The largest absolute Gasteiger partial charge is 0.325 e. The first-order chi connectivity index (χ1) is 12.7. The Bertz CT molecular complexity index is 736. The van der Waals surface area contributed by atoms with E-state index < -0.39 is 0 Å². The van der Waals surface area contributed by atoms with Crippen molar-refractivity contribution >= 4 is 48.1 Å². The van der Waals surface area contributed by atoms with Crippen LogP contribution in [0.2, 0.25) is 0 Å². The van der Waals surface area contributed by atoms with Crippen LogP contribution < -0.4 is 16.0 Å². The van der Waals surface area contributed by atoms with Crippen molar-refractivity contribution in [3.8, 4) is 0 Å². The van der Waals surface area contributed by atoms with E-state index in [0.29, 0.717) is 29.4 Å². The van der Waals surface area contributed by atoms with E-state index >= 15 is 0 Å². The number of aromatic nitrogens is 1. The Balaban J connectivity index is 0.00000196. The van der Waals surface area contributed by atoms with Gasteiger partial charge in [0.15, 0.2) is 0 Å². The number of anilines is 2. The topological polar surface area (TPSA) is 83.1 Å². The van der Waals surface area contributed by atoms with Gasteiger partial charge in [0.2, 0.25) is 5.91 Å². The number of halogens is 2. The molecule has 1 aromatic carbocycles. The Morgan fingerprint density at radius 1 is 1.00 bits per heavy atom. The molecule has 0 aliphatic carbocycles. The molecule has 6 nitrogen and oxygen atoms in total. The van der Waals surface area contributed by atoms with Crippen LogP contribution in [0.15, 0.2) is 48.7 Å². The fourth-order valence-electron chi connectivity index (χ4n) is 3.05. The van der Waals surface area contributed by atoms with E-state index in [9.17, 15) is 9.59 Å². The van der Waals surface area contributed by atoms with Gasteiger partial charge in [-0.05, 0) is 62.5 Å². The molecule has 3 N–H and O–H groups in total. The molecule has 0 bridgehead atoms. The molecule has 0 saturated carbocycles. The third-order valence-electron chi connectivity index (χ3n) is 4.56. The van der Waals surface area contributed by atoms with Crippen LogP contribution >= 0.6 is 24.8 Å². The van der Waals surface area contributed by atoms with Gasteiger partial charge in [-0.25, -0.2) is 4.98 Å². The molecule has 0 spiro atoms. The molecule has 28 heavy (non-hydrogen) atoms. The van der Waals surface area contributed by atoms with Crippen LogP contribution in [0.25, 0.3) is 0 Å². The van der Waals surface area contributed by atoms with Crippen LogP contribution in [0.1, 0.15) is 36.0 Å². The van der Waals surface area contributed by atoms with E-state index in [1.165, 1.54) is 0 Å². The van der Waals surface area contributed by atoms with Gasteiger partial charge < -0.3 is 16.0 Å². The quantitative estimate of drug-likeness (QED) is 0.656. The van der Waals surface area contributed by atoms with Crippen molar-refractivity contribution in [2.75, 3.05) is 23.7 Å². The fraction of sp³-hybridized carbons (Fsp3) is 0.350. The van der Waals surface area contributed by atoms with Gasteiger partial charge in [-0.3, -0.25) is 9.59 Å². The van der Waals surface area contributed by atoms with Gasteiger partial charge in [0.1, 0.15) is 5.82 Å². The van der Waals surface area contributed by atoms with Crippen molar-refractivity contribution in [3.05, 3.63) is 54.2 Å². The molecule has 2 aromatic rings. The molecule has 2 amide bonds. The number of carbonyl (C=O) groups excluding carboxylic acids is 2. The molecule has 1 fully saturated rings. The second-order valence-electron chi connectivity index (χ2n) is 6.53. The second kappa shape index (κ2) is 12.3. The summed E-state index contributed by atoms with van der Waals surface area (Å²) in [6.07, 6.45) is 5.29. The molecule has 8 heteroatoms. The van der Waals surface area contributed by atoms with Crippen molar-refractivity contribution in [3.63, 3.8) is 0 Å². The van der Waals surface area contributed by atoms with Gasteiger partial charge in [-0.2, -0.15) is 0 Å². The first-order valence-corrected chi connectivity index (χ1v) is 9.04. The van der Waals surface area contributed by atoms with E-state index in [2.05, 4.69) is 20.9 Å². The number of amides is 2. The third-order valence-corrected chi connectivity index (χ3v) is 4.56. The molecular weight excluding hydrogens is 399 g/mol. The molecule has 0 atom stereocenters. The predicted molar refractivity (Wildman–Crippen MR) is 117 cm³/mol. The van der Waals surface area contributed by atoms with Crippen molar-refractivity contribution in [1.29, 1.82) is 0 Å². The number of hydrogen-bond donors (Lipinski definition) is 3. The normalized spacial score (nSPS) is 13.6. The van der Waals surface area contributed by atoms with Gasteiger partial charge in [0, 0.05) is 12.0 Å². The lowest BCUT2D eigenvalue weighted by Crippen LogP contribution is -2.28. The van der Waals surface area contributed by atoms with E-state index in [1.807, 2.05) is 18.2 Å². The number of carbonyl (C=O) groups is 2. The maximum Gasteiger partial charge on any atom is 0.256 e. The SMILES string of the molecule is Cl.Cl.O=C(CCC1CCNCC1)Nc1ccc(NC(=O)c2ccccc2)nc1. The molecule has 2 heterocycles. The predicted octanol–water partition coefficient (Wildman–Crippen LogP) is 3.90. The summed E-state index contributed by atoms with van der Waals surface area (Å²) in [5.41, 5.74) is 1.21. The minimum absolute atomic E-state index is 0. The van der Waals surface area contributed by atoms with E-state index in [4.69, 9.17) is 0 Å². The number of piperidine rings is 1. The average Bonchev–Trinajstić information content (AvgIpc) is 2.69. The highest BCUT2D eigenvalue weighted by Crippen LogP contribution is 2.18. The summed E-state index contributed by atoms with van der Waals surface area (Å²) in [6.45, 7) is 2.10. The summed E-state index contributed by atoms with van der Waals surface area (Å²) >= 11 is 0. The lowest BCUT2D eigenvalue weighted by Gasteiger charge is -2.22. The van der Waals surface area contributed by atoms with Crippen molar-refractivity contribution in [2.45, 2.75) is 25.7 Å². The van der Waals surface area contributed by atoms with Crippen LogP contribution in [-0.2, 0) is 4.79 Å². The number of rotatable bonds is 6. The van der Waals surface area contributed by atoms with E-state index in [0.717, 1.165) is 32.4 Å². The zero-order valence-corrected chi connectivity index (χ0v) is 17.2. The van der Waals surface area contributed by atoms with Gasteiger partial charge in [-0.1, -0.05) is 18.2 Å². The Labute approximate surface area is 177 Å². The summed E-state index contributed by atoms with van der Waals surface area (Å²) in [6, 6.07) is 12.4. The molecule has 0 unspecified atom stereocenters. The standard InChI is InChI=1S/C20H24N4O2.2ClH/c25-19(9-6-15-10-12-21-13-11-15)23-17-7-8-18(22-14-17)24-20(26)16-4-2-1-3-5-16;;/h1-5,7-8,14-15,21H,6,9-13H2,(H,23,25)(H,22,24,26);2*1H. The maximum atomic E-state index is 12.1. The zero-order chi connectivity index (χ0) is 18.2. The maximum absolute atomic E-state index is 12.1. The van der Waals surface area contributed by atoms with Crippen molar-refractivity contribution < 1.29 is 9.59 Å². The van der Waals surface area contributed by atoms with E-state index in [-0.39, 0.29) is 36.6 Å². The fourth-order valence-corrected chi connectivity index (χ4v) is 3.05. The van der Waals surface area contributed by atoms with Gasteiger partial charge >= 0.3 is 0 Å². The number of nitrogens with one attached hydrogen (secondary N) is 3. The van der Waals surface area contributed by atoms with Crippen LogP contribution in [0.5, 0.6) is 0 Å². The molecule has 1 aliphatic heterocycles. The zero-order valence-electron chi connectivity index (χ0n) is 15.5. The molecular formula is C20H26Cl2N4O2. The molecule has 1 saturated heterocycles. The third kappa shape index (κ3) is 7.46. The summed E-state index contributed by atoms with van der Waals surface area (Å²) < 4.78 is 0. The van der Waals surface area contributed by atoms with Crippen molar-refractivity contribution in [1.82, 2.24) is 10.3 Å². The van der Waals surface area contributed by atoms with Gasteiger partial charge in [0.05, 0.1) is 11.9 Å². The van der Waals surface area contributed by atoms with Crippen LogP contribution in [0.3, 0.4) is 0 Å². The first-order valence-electron chi connectivity index (χ1n) is 9.04. The lowest BCUT2D eigenvalue weighted by atomic mass is 9.93. The molecule has 1 aliphatic rings. The van der Waals surface area contributed by atoms with Gasteiger partial charge in [-0.15, -0.1) is 24.8 Å². The monoisotopic (exact) mass is 424 g/mol. The minimum Gasteiger partial charge on any atom is -0.325 e. The summed E-state index contributed by atoms with van der Waals surface area (Å²) in [5.74, 6) is 0.880. The van der Waals surface area contributed by atoms with E-state index in [1.54, 1.807) is 30.5 Å². The Morgan fingerprint density at radius 2 is 1.71 bits per heavy atom. The van der Waals surface area contributed by atoms with Crippen LogP contribution in [0.4, 0.5) is 11.5 Å².